The van der Waals surface area contributed by atoms with Crippen LogP contribution in [0.3, 0.4) is 0 Å². The smallest absolute Gasteiger partial charge is 0.0374 e. The van der Waals surface area contributed by atoms with Crippen LogP contribution in [0.5, 0.6) is 0 Å². The molecule has 0 radical (unpaired) electrons. The summed E-state index contributed by atoms with van der Waals surface area (Å²) in [5, 5.41) is 3.63. The average molecular weight is 568 g/mol. The van der Waals surface area contributed by atoms with E-state index in [1.165, 1.54) is 47.2 Å². The van der Waals surface area contributed by atoms with E-state index in [2.05, 4.69) is 143 Å². The first-order valence-electron chi connectivity index (χ1n) is 16.6. The van der Waals surface area contributed by atoms with Crippen molar-refractivity contribution in [1.82, 2.24) is 15.1 Å². The first kappa shape index (κ1) is 32.5. The molecule has 3 nitrogen and oxygen atoms in total. The number of nitrogens with one attached hydrogen (secondary N) is 1. The number of fused-ring (bicyclic) bond motifs is 3. The van der Waals surface area contributed by atoms with Gasteiger partial charge in [-0.15, -0.1) is 0 Å². The topological polar surface area (TPSA) is 18.5 Å². The molecule has 3 aliphatic heterocycles. The fourth-order valence-corrected chi connectivity index (χ4v) is 7.15. The van der Waals surface area contributed by atoms with Gasteiger partial charge in [-0.05, 0) is 90.0 Å². The second-order valence-corrected chi connectivity index (χ2v) is 13.7. The van der Waals surface area contributed by atoms with E-state index < -0.39 is 0 Å². The van der Waals surface area contributed by atoms with Gasteiger partial charge in [0.1, 0.15) is 0 Å². The van der Waals surface area contributed by atoms with Gasteiger partial charge in [-0.3, -0.25) is 9.80 Å². The SMILES string of the molecule is CC(C)C1Cc2ccccc2CCN1.CC(C)C1c2ccccc2CN1C.CCN1Cc2ccccc2C(C(C)C)C1. The molecule has 3 heterocycles. The number of rotatable bonds is 4. The molecule has 0 fully saturated rings. The monoisotopic (exact) mass is 567 g/mol. The second-order valence-electron chi connectivity index (χ2n) is 13.7. The molecule has 0 bridgehead atoms. The Hall–Kier alpha value is -2.46. The van der Waals surface area contributed by atoms with Crippen LogP contribution in [0.4, 0.5) is 0 Å². The molecule has 0 saturated heterocycles. The predicted molar refractivity (Wildman–Crippen MR) is 181 cm³/mol. The van der Waals surface area contributed by atoms with E-state index in [-0.39, 0.29) is 0 Å². The minimum atomic E-state index is 0.621. The molecule has 228 valence electrons. The standard InChI is InChI=1S/C14H21N.C13H19N.C12H17N/c1-4-15-9-12-7-5-6-8-13(12)14(10-15)11(2)3;1-10(2)13-9-12-6-4-3-5-11(12)7-8-14-13;1-9(2)12-11-7-5-4-6-10(11)8-13(12)3/h5-8,11,14H,4,9-10H2,1-3H3;3-6,10,13-14H,7-9H2,1-2H3;4-7,9,12H,8H2,1-3H3. The van der Waals surface area contributed by atoms with Gasteiger partial charge in [0.05, 0.1) is 0 Å². The summed E-state index contributed by atoms with van der Waals surface area (Å²) < 4.78 is 0. The summed E-state index contributed by atoms with van der Waals surface area (Å²) in [5.41, 5.74) is 9.21. The molecule has 3 heteroatoms. The highest BCUT2D eigenvalue weighted by Crippen LogP contribution is 2.37. The Bertz CT molecular complexity index is 1250. The van der Waals surface area contributed by atoms with Gasteiger partial charge in [0.25, 0.3) is 0 Å². The normalized spacial score (nSPS) is 21.9. The molecular formula is C39H57N3. The molecular weight excluding hydrogens is 510 g/mol. The van der Waals surface area contributed by atoms with Gasteiger partial charge in [-0.1, -0.05) is 121 Å². The van der Waals surface area contributed by atoms with E-state index in [1.54, 1.807) is 5.56 Å². The Labute approximate surface area is 257 Å². The van der Waals surface area contributed by atoms with Crippen molar-refractivity contribution in [3.8, 4) is 0 Å². The van der Waals surface area contributed by atoms with Gasteiger partial charge in [-0.25, -0.2) is 0 Å². The maximum absolute atomic E-state index is 3.63. The molecule has 0 aliphatic carbocycles. The van der Waals surface area contributed by atoms with Gasteiger partial charge in [0.2, 0.25) is 0 Å². The van der Waals surface area contributed by atoms with Gasteiger partial charge < -0.3 is 5.32 Å². The Balaban J connectivity index is 0.000000145. The highest BCUT2D eigenvalue weighted by molar-refractivity contribution is 5.35. The van der Waals surface area contributed by atoms with Gasteiger partial charge in [0.15, 0.2) is 0 Å². The Morgan fingerprint density at radius 1 is 0.690 bits per heavy atom. The van der Waals surface area contributed by atoms with Crippen LogP contribution in [0.25, 0.3) is 0 Å². The van der Waals surface area contributed by atoms with E-state index in [0.29, 0.717) is 18.0 Å². The van der Waals surface area contributed by atoms with Crippen LogP contribution < -0.4 is 5.32 Å². The fraction of sp³-hybridized carbons (Fsp3) is 0.538. The van der Waals surface area contributed by atoms with Crippen LogP contribution in [0.2, 0.25) is 0 Å². The first-order valence-corrected chi connectivity index (χ1v) is 16.6. The zero-order chi connectivity index (χ0) is 30.2. The maximum atomic E-state index is 3.63. The fourth-order valence-electron chi connectivity index (χ4n) is 7.15. The van der Waals surface area contributed by atoms with Crippen molar-refractivity contribution in [2.75, 3.05) is 26.7 Å². The molecule has 3 unspecified atom stereocenters. The number of hydrogen-bond acceptors (Lipinski definition) is 3. The molecule has 0 saturated carbocycles. The number of benzene rings is 3. The molecule has 1 N–H and O–H groups in total. The summed E-state index contributed by atoms with van der Waals surface area (Å²) in [6.07, 6.45) is 2.37. The van der Waals surface area contributed by atoms with Crippen LogP contribution in [0.15, 0.2) is 72.8 Å². The molecule has 0 amide bonds. The van der Waals surface area contributed by atoms with Crippen LogP contribution >= 0.6 is 0 Å². The third kappa shape index (κ3) is 8.13. The molecule has 0 aromatic heterocycles. The van der Waals surface area contributed by atoms with Crippen molar-refractivity contribution >= 4 is 0 Å². The van der Waals surface area contributed by atoms with E-state index in [9.17, 15) is 0 Å². The summed E-state index contributed by atoms with van der Waals surface area (Å²) in [6, 6.07) is 27.8. The van der Waals surface area contributed by atoms with Crippen molar-refractivity contribution < 1.29 is 0 Å². The lowest BCUT2D eigenvalue weighted by molar-refractivity contribution is 0.214. The molecule has 6 rings (SSSR count). The molecule has 3 aromatic rings. The first-order chi connectivity index (χ1) is 20.2. The van der Waals surface area contributed by atoms with Gasteiger partial charge >= 0.3 is 0 Å². The summed E-state index contributed by atoms with van der Waals surface area (Å²) in [5.74, 6) is 2.88. The Morgan fingerprint density at radius 3 is 1.86 bits per heavy atom. The lowest BCUT2D eigenvalue weighted by atomic mass is 9.82. The van der Waals surface area contributed by atoms with Crippen molar-refractivity contribution in [3.05, 3.63) is 106 Å². The zero-order valence-corrected chi connectivity index (χ0v) is 27.7. The number of nitrogens with zero attached hydrogens (tertiary/aromatic N) is 2. The van der Waals surface area contributed by atoms with Crippen molar-refractivity contribution in [2.24, 2.45) is 17.8 Å². The summed E-state index contributed by atoms with van der Waals surface area (Å²) in [6.45, 7) is 21.9. The average Bonchev–Trinajstić information content (AvgIpc) is 3.17. The lowest BCUT2D eigenvalue weighted by Gasteiger charge is -2.36. The summed E-state index contributed by atoms with van der Waals surface area (Å²) in [7, 11) is 2.21. The van der Waals surface area contributed by atoms with Crippen LogP contribution in [-0.2, 0) is 25.9 Å². The third-order valence-corrected chi connectivity index (χ3v) is 9.62. The van der Waals surface area contributed by atoms with E-state index in [0.717, 1.165) is 43.9 Å². The van der Waals surface area contributed by atoms with Gasteiger partial charge in [-0.2, -0.15) is 0 Å². The highest BCUT2D eigenvalue weighted by Gasteiger charge is 2.29. The van der Waals surface area contributed by atoms with Crippen molar-refractivity contribution in [2.45, 2.75) is 92.4 Å². The highest BCUT2D eigenvalue weighted by atomic mass is 15.2. The van der Waals surface area contributed by atoms with E-state index in [1.807, 2.05) is 0 Å². The Kier molecular flexibility index (Phi) is 11.8. The largest absolute Gasteiger partial charge is 0.313 e. The number of likely N-dealkylation sites (N-methyl/N-ethyl adjacent to an activating group) is 1. The van der Waals surface area contributed by atoms with Crippen LogP contribution in [0, 0.1) is 17.8 Å². The molecule has 3 aromatic carbocycles. The second kappa shape index (κ2) is 15.3. The summed E-state index contributed by atoms with van der Waals surface area (Å²) in [4.78, 5) is 4.99. The Morgan fingerprint density at radius 2 is 1.26 bits per heavy atom. The van der Waals surface area contributed by atoms with Crippen molar-refractivity contribution in [3.63, 3.8) is 0 Å². The van der Waals surface area contributed by atoms with E-state index >= 15 is 0 Å². The van der Waals surface area contributed by atoms with E-state index in [4.69, 9.17) is 0 Å². The van der Waals surface area contributed by atoms with Crippen LogP contribution in [0.1, 0.15) is 93.8 Å². The molecule has 3 aliphatic rings. The minimum absolute atomic E-state index is 0.621. The van der Waals surface area contributed by atoms with Crippen LogP contribution in [-0.4, -0.2) is 42.5 Å². The zero-order valence-electron chi connectivity index (χ0n) is 27.7. The molecule has 0 spiro atoms. The van der Waals surface area contributed by atoms with Crippen molar-refractivity contribution in [1.29, 1.82) is 0 Å². The molecule has 42 heavy (non-hydrogen) atoms. The van der Waals surface area contributed by atoms with Gasteiger partial charge in [0, 0.05) is 31.7 Å². The summed E-state index contributed by atoms with van der Waals surface area (Å²) >= 11 is 0. The third-order valence-electron chi connectivity index (χ3n) is 9.62. The quantitative estimate of drug-likeness (QED) is 0.341. The molecule has 3 atom stereocenters. The number of hydrogen-bond donors (Lipinski definition) is 1. The lowest BCUT2D eigenvalue weighted by Crippen LogP contribution is -2.35. The predicted octanol–water partition coefficient (Wildman–Crippen LogP) is 8.49. The maximum Gasteiger partial charge on any atom is 0.0374 e. The minimum Gasteiger partial charge on any atom is -0.313 e.